The fourth-order valence-corrected chi connectivity index (χ4v) is 4.15. The van der Waals surface area contributed by atoms with Crippen molar-refractivity contribution in [3.8, 4) is 0 Å². The molecule has 124 valence electrons. The molecule has 1 aliphatic carbocycles. The van der Waals surface area contributed by atoms with Gasteiger partial charge in [-0.1, -0.05) is 40.0 Å². The number of aliphatic hydroxyl groups is 1. The molecule has 4 heteroatoms. The average Bonchev–Trinajstić information content (AvgIpc) is 2.92. The van der Waals surface area contributed by atoms with Crippen LogP contribution in [0.2, 0.25) is 0 Å². The van der Waals surface area contributed by atoms with Gasteiger partial charge in [-0.15, -0.1) is 0 Å². The van der Waals surface area contributed by atoms with Crippen molar-refractivity contribution >= 4 is 17.3 Å². The maximum absolute atomic E-state index is 13.2. The van der Waals surface area contributed by atoms with E-state index in [2.05, 4.69) is 20.8 Å². The lowest BCUT2D eigenvalue weighted by Crippen LogP contribution is -2.50. The van der Waals surface area contributed by atoms with Crippen molar-refractivity contribution in [1.82, 2.24) is 4.57 Å². The number of hydrogen-bond acceptors (Lipinski definition) is 3. The molecular weight excluding hydrogens is 290 g/mol. The fraction of sp³-hybridized carbons (Fsp3) is 0.579. The minimum atomic E-state index is -0.701. The second-order valence-electron chi connectivity index (χ2n) is 7.89. The van der Waals surface area contributed by atoms with Gasteiger partial charge in [0, 0.05) is 11.1 Å². The van der Waals surface area contributed by atoms with Gasteiger partial charge in [0.25, 0.3) is 0 Å². The zero-order valence-corrected chi connectivity index (χ0v) is 14.4. The lowest BCUT2D eigenvalue weighted by atomic mass is 9.72. The molecule has 1 fully saturated rings. The molecule has 0 atom stereocenters. The second-order valence-corrected chi connectivity index (χ2v) is 7.89. The summed E-state index contributed by atoms with van der Waals surface area (Å²) in [5.74, 6) is -0.701. The molecule has 0 bridgehead atoms. The Morgan fingerprint density at radius 3 is 2.30 bits per heavy atom. The molecule has 3 rings (SSSR count). The van der Waals surface area contributed by atoms with Gasteiger partial charge in [-0.2, -0.15) is 0 Å². The van der Waals surface area contributed by atoms with Crippen molar-refractivity contribution in [2.24, 2.45) is 0 Å². The number of aromatic nitrogens is 1. The highest BCUT2D eigenvalue weighted by molar-refractivity contribution is 6.27. The fourth-order valence-electron chi connectivity index (χ4n) is 4.15. The van der Waals surface area contributed by atoms with Crippen molar-refractivity contribution in [3.63, 3.8) is 0 Å². The van der Waals surface area contributed by atoms with Crippen LogP contribution in [0.25, 0.3) is 5.76 Å². The Bertz CT molecular complexity index is 709. The summed E-state index contributed by atoms with van der Waals surface area (Å²) in [6.07, 6.45) is 4.53. The van der Waals surface area contributed by atoms with Gasteiger partial charge in [0.2, 0.25) is 0 Å². The molecule has 2 heterocycles. The number of carbonyl (C=O) groups excluding carboxylic acids is 2. The average molecular weight is 315 g/mol. The summed E-state index contributed by atoms with van der Waals surface area (Å²) in [7, 11) is 0. The van der Waals surface area contributed by atoms with E-state index < -0.39 is 5.54 Å². The van der Waals surface area contributed by atoms with Gasteiger partial charge in [0.05, 0.1) is 5.69 Å². The lowest BCUT2D eigenvalue weighted by Gasteiger charge is -2.44. The first-order chi connectivity index (χ1) is 10.7. The zero-order valence-electron chi connectivity index (χ0n) is 14.4. The van der Waals surface area contributed by atoms with Gasteiger partial charge in [-0.25, -0.2) is 0 Å². The van der Waals surface area contributed by atoms with Crippen LogP contribution in [-0.2, 0) is 20.5 Å². The summed E-state index contributed by atoms with van der Waals surface area (Å²) in [5, 5.41) is 10.6. The summed E-state index contributed by atoms with van der Waals surface area (Å²) < 4.78 is 2.04. The molecule has 1 saturated carbocycles. The van der Waals surface area contributed by atoms with Crippen molar-refractivity contribution in [2.45, 2.75) is 70.8 Å². The Morgan fingerprint density at radius 2 is 1.78 bits per heavy atom. The molecule has 1 spiro atoms. The van der Waals surface area contributed by atoms with Crippen LogP contribution in [0.4, 0.5) is 0 Å². The van der Waals surface area contributed by atoms with Crippen molar-refractivity contribution in [2.75, 3.05) is 0 Å². The predicted molar refractivity (Wildman–Crippen MR) is 89.4 cm³/mol. The minimum Gasteiger partial charge on any atom is -0.505 e. The maximum atomic E-state index is 13.2. The maximum Gasteiger partial charge on any atom is 0.196 e. The SMILES string of the molecule is CC(=O)C1=C(O)c2ccc(C(C)(C)C)n2C2(CCCCC2)C1=O. The van der Waals surface area contributed by atoms with Crippen LogP contribution in [0.1, 0.15) is 71.2 Å². The predicted octanol–water partition coefficient (Wildman–Crippen LogP) is 3.89. The third kappa shape index (κ3) is 2.19. The van der Waals surface area contributed by atoms with E-state index in [0.717, 1.165) is 37.8 Å². The van der Waals surface area contributed by atoms with Gasteiger partial charge in [0.1, 0.15) is 11.1 Å². The topological polar surface area (TPSA) is 59.3 Å². The van der Waals surface area contributed by atoms with E-state index in [9.17, 15) is 14.7 Å². The van der Waals surface area contributed by atoms with Gasteiger partial charge >= 0.3 is 0 Å². The van der Waals surface area contributed by atoms with Gasteiger partial charge in [0.15, 0.2) is 17.3 Å². The van der Waals surface area contributed by atoms with E-state index in [1.165, 1.54) is 6.92 Å². The Kier molecular flexibility index (Phi) is 3.54. The standard InChI is InChI=1S/C19H25NO3/c1-12(21)15-16(22)13-8-9-14(18(2,3)4)20(13)19(17(15)23)10-6-5-7-11-19/h8-9,22H,5-7,10-11H2,1-4H3. The number of carbonyl (C=O) groups is 2. The number of Topliss-reactive ketones (excluding diaryl/α,β-unsaturated/α-hetero) is 2. The first-order valence-corrected chi connectivity index (χ1v) is 8.42. The Balaban J connectivity index is 2.34. The summed E-state index contributed by atoms with van der Waals surface area (Å²) in [6.45, 7) is 7.69. The number of allylic oxidation sites excluding steroid dienone is 1. The molecule has 0 saturated heterocycles. The van der Waals surface area contributed by atoms with E-state index in [1.807, 2.05) is 16.7 Å². The molecule has 4 nitrogen and oxygen atoms in total. The summed E-state index contributed by atoms with van der Waals surface area (Å²) in [5.41, 5.74) is 0.792. The smallest absolute Gasteiger partial charge is 0.196 e. The third-order valence-corrected chi connectivity index (χ3v) is 5.24. The van der Waals surface area contributed by atoms with E-state index >= 15 is 0 Å². The monoisotopic (exact) mass is 315 g/mol. The molecule has 0 unspecified atom stereocenters. The quantitative estimate of drug-likeness (QED) is 0.800. The highest BCUT2D eigenvalue weighted by Crippen LogP contribution is 2.46. The van der Waals surface area contributed by atoms with E-state index in [4.69, 9.17) is 0 Å². The second kappa shape index (κ2) is 5.08. The normalized spacial score (nSPS) is 20.8. The number of hydrogen-bond donors (Lipinski definition) is 1. The van der Waals surface area contributed by atoms with Crippen molar-refractivity contribution in [3.05, 3.63) is 29.1 Å². The highest BCUT2D eigenvalue weighted by Gasteiger charge is 2.50. The van der Waals surface area contributed by atoms with E-state index in [1.54, 1.807) is 0 Å². The van der Waals surface area contributed by atoms with Crippen LogP contribution < -0.4 is 0 Å². The van der Waals surface area contributed by atoms with Gasteiger partial charge in [-0.3, -0.25) is 9.59 Å². The van der Waals surface area contributed by atoms with Gasteiger partial charge < -0.3 is 9.67 Å². The lowest BCUT2D eigenvalue weighted by molar-refractivity contribution is -0.128. The van der Waals surface area contributed by atoms with Crippen LogP contribution in [-0.4, -0.2) is 21.2 Å². The number of nitrogens with zero attached hydrogens (tertiary/aromatic N) is 1. The highest BCUT2D eigenvalue weighted by atomic mass is 16.3. The van der Waals surface area contributed by atoms with Gasteiger partial charge in [-0.05, 0) is 31.9 Å². The largest absolute Gasteiger partial charge is 0.505 e. The Morgan fingerprint density at radius 1 is 1.17 bits per heavy atom. The zero-order chi connectivity index (χ0) is 17.0. The molecule has 1 aromatic rings. The first-order valence-electron chi connectivity index (χ1n) is 8.42. The van der Waals surface area contributed by atoms with E-state index in [-0.39, 0.29) is 28.3 Å². The molecule has 1 N–H and O–H groups in total. The molecule has 1 aliphatic heterocycles. The molecule has 0 aromatic carbocycles. The van der Waals surface area contributed by atoms with Crippen LogP contribution in [0.5, 0.6) is 0 Å². The van der Waals surface area contributed by atoms with Crippen LogP contribution >= 0.6 is 0 Å². The Labute approximate surface area is 137 Å². The van der Waals surface area contributed by atoms with Crippen LogP contribution in [0.15, 0.2) is 17.7 Å². The van der Waals surface area contributed by atoms with Crippen molar-refractivity contribution < 1.29 is 14.7 Å². The van der Waals surface area contributed by atoms with Crippen LogP contribution in [0.3, 0.4) is 0 Å². The Hall–Kier alpha value is -1.84. The number of ketones is 2. The van der Waals surface area contributed by atoms with Crippen molar-refractivity contribution in [1.29, 1.82) is 0 Å². The van der Waals surface area contributed by atoms with E-state index in [0.29, 0.717) is 5.69 Å². The van der Waals surface area contributed by atoms with Crippen LogP contribution in [0, 0.1) is 0 Å². The molecule has 0 amide bonds. The number of rotatable bonds is 1. The first kappa shape index (κ1) is 16.0. The molecular formula is C19H25NO3. The molecule has 0 radical (unpaired) electrons. The number of aliphatic hydroxyl groups excluding tert-OH is 1. The molecule has 2 aliphatic rings. The number of fused-ring (bicyclic) bond motifs is 2. The summed E-state index contributed by atoms with van der Waals surface area (Å²) in [4.78, 5) is 25.2. The summed E-state index contributed by atoms with van der Waals surface area (Å²) in [6, 6.07) is 3.83. The molecule has 1 aromatic heterocycles. The third-order valence-electron chi connectivity index (χ3n) is 5.24. The summed E-state index contributed by atoms with van der Waals surface area (Å²) >= 11 is 0. The molecule has 23 heavy (non-hydrogen) atoms. The minimum absolute atomic E-state index is 0.0158.